The normalized spacial score (nSPS) is 14.8. The van der Waals surface area contributed by atoms with Crippen LogP contribution in [0.1, 0.15) is 26.5 Å². The lowest BCUT2D eigenvalue weighted by Gasteiger charge is -2.11. The number of hydrogen-bond donors (Lipinski definition) is 1. The van der Waals surface area contributed by atoms with E-state index < -0.39 is 22.9 Å². The summed E-state index contributed by atoms with van der Waals surface area (Å²) in [5, 5.41) is 9.05. The number of thioether (sulfide) groups is 1. The molecule has 1 fully saturated rings. The van der Waals surface area contributed by atoms with Crippen molar-refractivity contribution in [2.75, 3.05) is 6.54 Å². The number of carbonyl (C=O) groups excluding carboxylic acids is 3. The van der Waals surface area contributed by atoms with Crippen molar-refractivity contribution in [2.45, 2.75) is 0 Å². The number of rotatable bonds is 6. The number of amides is 2. The molecule has 166 valence electrons. The van der Waals surface area contributed by atoms with Gasteiger partial charge in [-0.15, -0.1) is 0 Å². The molecule has 0 bridgehead atoms. The molecule has 0 unspecified atom stereocenters. The number of halogens is 2. The second kappa shape index (κ2) is 9.27. The summed E-state index contributed by atoms with van der Waals surface area (Å²) in [6, 6.07) is 13.8. The summed E-state index contributed by atoms with van der Waals surface area (Å²) in [4.78, 5) is 49.5. The number of benzene rings is 2. The van der Waals surface area contributed by atoms with Gasteiger partial charge in [0, 0.05) is 22.2 Å². The molecule has 1 aromatic heterocycles. The first-order valence-electron chi connectivity index (χ1n) is 9.40. The van der Waals surface area contributed by atoms with E-state index in [9.17, 15) is 19.2 Å². The lowest BCUT2D eigenvalue weighted by atomic mass is 10.1. The zero-order chi connectivity index (χ0) is 23.7. The number of aromatic carboxylic acids is 1. The molecule has 0 aliphatic carbocycles. The molecule has 0 radical (unpaired) electrons. The van der Waals surface area contributed by atoms with Crippen LogP contribution in [0.15, 0.2) is 63.9 Å². The van der Waals surface area contributed by atoms with Gasteiger partial charge in [-0.3, -0.25) is 19.3 Å². The van der Waals surface area contributed by atoms with Gasteiger partial charge in [-0.25, -0.2) is 4.79 Å². The Labute approximate surface area is 201 Å². The van der Waals surface area contributed by atoms with Crippen molar-refractivity contribution < 1.29 is 28.7 Å². The third-order valence-corrected chi connectivity index (χ3v) is 6.20. The number of imide groups is 1. The minimum atomic E-state index is -1.14. The van der Waals surface area contributed by atoms with Gasteiger partial charge in [-0.2, -0.15) is 0 Å². The van der Waals surface area contributed by atoms with E-state index in [0.29, 0.717) is 39.4 Å². The summed E-state index contributed by atoms with van der Waals surface area (Å²) in [5.41, 5.74) is 0.853. The predicted molar refractivity (Wildman–Crippen MR) is 125 cm³/mol. The van der Waals surface area contributed by atoms with E-state index >= 15 is 0 Å². The predicted octanol–water partition coefficient (Wildman–Crippen LogP) is 5.87. The average Bonchev–Trinajstić information content (AvgIpc) is 3.34. The third kappa shape index (κ3) is 4.88. The van der Waals surface area contributed by atoms with Crippen molar-refractivity contribution >= 4 is 63.9 Å². The molecule has 1 aliphatic heterocycles. The van der Waals surface area contributed by atoms with Crippen LogP contribution in [0, 0.1) is 0 Å². The zero-order valence-corrected chi connectivity index (χ0v) is 18.9. The first-order valence-corrected chi connectivity index (χ1v) is 11.0. The van der Waals surface area contributed by atoms with Crippen LogP contribution in [0.5, 0.6) is 0 Å². The van der Waals surface area contributed by atoms with Crippen molar-refractivity contribution in [3.05, 3.63) is 86.4 Å². The monoisotopic (exact) mass is 501 g/mol. The number of hydrogen-bond acceptors (Lipinski definition) is 6. The largest absolute Gasteiger partial charge is 0.478 e. The van der Waals surface area contributed by atoms with Gasteiger partial charge in [-0.05, 0) is 60.3 Å². The molecule has 1 N–H and O–H groups in total. The van der Waals surface area contributed by atoms with Gasteiger partial charge in [0.2, 0.25) is 0 Å². The van der Waals surface area contributed by atoms with Gasteiger partial charge < -0.3 is 9.52 Å². The highest BCUT2D eigenvalue weighted by Gasteiger charge is 2.36. The number of furan rings is 1. The van der Waals surface area contributed by atoms with Crippen LogP contribution in [0.2, 0.25) is 10.0 Å². The zero-order valence-electron chi connectivity index (χ0n) is 16.6. The van der Waals surface area contributed by atoms with Gasteiger partial charge in [0.25, 0.3) is 11.1 Å². The first kappa shape index (κ1) is 22.8. The summed E-state index contributed by atoms with van der Waals surface area (Å²) in [7, 11) is 0. The van der Waals surface area contributed by atoms with E-state index in [1.54, 1.807) is 30.3 Å². The molecule has 33 heavy (non-hydrogen) atoms. The van der Waals surface area contributed by atoms with Crippen LogP contribution in [-0.4, -0.2) is 39.5 Å². The highest BCUT2D eigenvalue weighted by atomic mass is 35.5. The maximum atomic E-state index is 12.7. The minimum absolute atomic E-state index is 0.0333. The van der Waals surface area contributed by atoms with E-state index in [0.717, 1.165) is 4.90 Å². The fraction of sp³-hybridized carbons (Fsp3) is 0.0435. The SMILES string of the molecule is O=C(CN1C(=O)S/C(=C\c2ccc(-c3ccc(C(=O)O)c(Cl)c3)o2)C1=O)c1ccc(Cl)cc1. The lowest BCUT2D eigenvalue weighted by Crippen LogP contribution is -2.33. The average molecular weight is 502 g/mol. The molecule has 3 aromatic rings. The first-order chi connectivity index (χ1) is 15.7. The van der Waals surface area contributed by atoms with Crippen molar-refractivity contribution in [3.8, 4) is 11.3 Å². The molecular formula is C23H13Cl2NO6S. The van der Waals surface area contributed by atoms with Crippen molar-refractivity contribution in [2.24, 2.45) is 0 Å². The van der Waals surface area contributed by atoms with Gasteiger partial charge in [0.15, 0.2) is 5.78 Å². The Morgan fingerprint density at radius 3 is 2.42 bits per heavy atom. The Bertz CT molecular complexity index is 1330. The Kier molecular flexibility index (Phi) is 6.42. The molecule has 0 spiro atoms. The van der Waals surface area contributed by atoms with Crippen LogP contribution in [0.3, 0.4) is 0 Å². The second-order valence-electron chi connectivity index (χ2n) is 6.90. The van der Waals surface area contributed by atoms with Crippen molar-refractivity contribution in [3.63, 3.8) is 0 Å². The smallest absolute Gasteiger partial charge is 0.337 e. The number of ketones is 1. The molecule has 0 saturated carbocycles. The molecule has 10 heteroatoms. The fourth-order valence-corrected chi connectivity index (χ4v) is 4.27. The van der Waals surface area contributed by atoms with Gasteiger partial charge in [0.1, 0.15) is 11.5 Å². The van der Waals surface area contributed by atoms with Gasteiger partial charge in [0.05, 0.1) is 22.0 Å². The van der Waals surface area contributed by atoms with Gasteiger partial charge in [-0.1, -0.05) is 29.3 Å². The topological polar surface area (TPSA) is 105 Å². The van der Waals surface area contributed by atoms with Crippen LogP contribution >= 0.6 is 35.0 Å². The summed E-state index contributed by atoms with van der Waals surface area (Å²) in [5.74, 6) is -1.43. The lowest BCUT2D eigenvalue weighted by molar-refractivity contribution is -0.122. The van der Waals surface area contributed by atoms with Crippen LogP contribution in [-0.2, 0) is 4.79 Å². The van der Waals surface area contributed by atoms with E-state index in [1.807, 2.05) is 0 Å². The molecule has 0 atom stereocenters. The highest BCUT2D eigenvalue weighted by Crippen LogP contribution is 2.34. The quantitative estimate of drug-likeness (QED) is 0.332. The van der Waals surface area contributed by atoms with Crippen molar-refractivity contribution in [1.82, 2.24) is 4.90 Å². The van der Waals surface area contributed by atoms with E-state index in [2.05, 4.69) is 0 Å². The summed E-state index contributed by atoms with van der Waals surface area (Å²) < 4.78 is 5.71. The Morgan fingerprint density at radius 2 is 1.76 bits per heavy atom. The van der Waals surface area contributed by atoms with Crippen LogP contribution in [0.4, 0.5) is 4.79 Å². The number of carbonyl (C=O) groups is 4. The molecule has 4 rings (SSSR count). The summed E-state index contributed by atoms with van der Waals surface area (Å²) in [6.45, 7) is -0.387. The third-order valence-electron chi connectivity index (χ3n) is 4.73. The number of carboxylic acid groups (broad SMARTS) is 1. The Hall–Kier alpha value is -3.33. The molecule has 2 amide bonds. The minimum Gasteiger partial charge on any atom is -0.478 e. The molecule has 2 heterocycles. The Morgan fingerprint density at radius 1 is 1.03 bits per heavy atom. The number of nitrogens with zero attached hydrogens (tertiary/aromatic N) is 1. The van der Waals surface area contributed by atoms with E-state index in [1.165, 1.54) is 30.3 Å². The maximum Gasteiger partial charge on any atom is 0.337 e. The number of carboxylic acids is 1. The van der Waals surface area contributed by atoms with E-state index in [-0.39, 0.29) is 22.0 Å². The van der Waals surface area contributed by atoms with Crippen molar-refractivity contribution in [1.29, 1.82) is 0 Å². The highest BCUT2D eigenvalue weighted by molar-refractivity contribution is 8.18. The van der Waals surface area contributed by atoms with E-state index in [4.69, 9.17) is 32.7 Å². The molecule has 7 nitrogen and oxygen atoms in total. The number of Topliss-reactive ketones (excluding diaryl/α,β-unsaturated/α-hetero) is 1. The molecule has 1 saturated heterocycles. The summed E-state index contributed by atoms with van der Waals surface area (Å²) >= 11 is 12.5. The summed E-state index contributed by atoms with van der Waals surface area (Å²) in [6.07, 6.45) is 1.41. The standard InChI is InChI=1S/C23H13Cl2NO6S/c24-14-4-1-12(2-5-14)18(27)11-26-21(28)20(33-23(26)31)10-15-6-8-19(32-15)13-3-7-16(22(29)30)17(25)9-13/h1-10H,11H2,(H,29,30)/b20-10-. The fourth-order valence-electron chi connectivity index (χ4n) is 3.06. The second-order valence-corrected chi connectivity index (χ2v) is 8.74. The maximum absolute atomic E-state index is 12.7. The molecule has 1 aliphatic rings. The van der Waals surface area contributed by atoms with Crippen LogP contribution < -0.4 is 0 Å². The van der Waals surface area contributed by atoms with Crippen LogP contribution in [0.25, 0.3) is 17.4 Å². The molecular weight excluding hydrogens is 489 g/mol. The van der Waals surface area contributed by atoms with Gasteiger partial charge >= 0.3 is 5.97 Å². The Balaban J connectivity index is 1.50. The molecule has 2 aromatic carbocycles.